The molecule has 1 aromatic rings. The third kappa shape index (κ3) is 2.64. The minimum absolute atomic E-state index is 0.259. The highest BCUT2D eigenvalue weighted by Crippen LogP contribution is 2.32. The van der Waals surface area contributed by atoms with Gasteiger partial charge < -0.3 is 20.9 Å². The molecule has 6 nitrogen and oxygen atoms in total. The summed E-state index contributed by atoms with van der Waals surface area (Å²) in [6.45, 7) is 1.04. The van der Waals surface area contributed by atoms with Gasteiger partial charge in [-0.25, -0.2) is 9.97 Å². The molecule has 2 atom stereocenters. The molecular formula is C12H20N4O2. The van der Waals surface area contributed by atoms with Crippen LogP contribution in [0.4, 0.5) is 11.6 Å². The van der Waals surface area contributed by atoms with Crippen LogP contribution in [-0.4, -0.2) is 35.3 Å². The SMILES string of the molecule is COc1c(N)ncnc1NCC1CCCC1CO. The first-order valence-electron chi connectivity index (χ1n) is 6.25. The van der Waals surface area contributed by atoms with Gasteiger partial charge in [-0.15, -0.1) is 0 Å². The number of nitrogens with zero attached hydrogens (tertiary/aromatic N) is 2. The van der Waals surface area contributed by atoms with E-state index in [4.69, 9.17) is 10.5 Å². The molecule has 0 aliphatic heterocycles. The molecule has 1 heterocycles. The van der Waals surface area contributed by atoms with Crippen LogP contribution in [0.1, 0.15) is 19.3 Å². The van der Waals surface area contributed by atoms with Crippen LogP contribution in [0.25, 0.3) is 0 Å². The molecule has 18 heavy (non-hydrogen) atoms. The van der Waals surface area contributed by atoms with Crippen molar-refractivity contribution in [2.75, 3.05) is 31.3 Å². The molecule has 1 saturated carbocycles. The Labute approximate surface area is 107 Å². The summed E-state index contributed by atoms with van der Waals surface area (Å²) in [7, 11) is 1.55. The third-order valence-corrected chi connectivity index (χ3v) is 3.62. The number of aliphatic hydroxyl groups is 1. The zero-order valence-electron chi connectivity index (χ0n) is 10.6. The van der Waals surface area contributed by atoms with Gasteiger partial charge in [-0.05, 0) is 24.7 Å². The number of nitrogens with one attached hydrogen (secondary N) is 1. The third-order valence-electron chi connectivity index (χ3n) is 3.62. The zero-order chi connectivity index (χ0) is 13.0. The molecule has 0 saturated heterocycles. The number of ether oxygens (including phenoxy) is 1. The second-order valence-corrected chi connectivity index (χ2v) is 4.66. The van der Waals surface area contributed by atoms with Crippen molar-refractivity contribution in [3.63, 3.8) is 0 Å². The number of rotatable bonds is 5. The van der Waals surface area contributed by atoms with E-state index in [1.807, 2.05) is 0 Å². The van der Waals surface area contributed by atoms with Gasteiger partial charge in [0.25, 0.3) is 0 Å². The summed E-state index contributed by atoms with van der Waals surface area (Å²) in [5, 5.41) is 12.5. The topological polar surface area (TPSA) is 93.3 Å². The zero-order valence-corrected chi connectivity index (χ0v) is 10.6. The lowest BCUT2D eigenvalue weighted by Gasteiger charge is -2.19. The average molecular weight is 252 g/mol. The summed E-state index contributed by atoms with van der Waals surface area (Å²) < 4.78 is 5.18. The fourth-order valence-electron chi connectivity index (χ4n) is 2.57. The first-order valence-corrected chi connectivity index (χ1v) is 6.25. The Morgan fingerprint density at radius 1 is 1.44 bits per heavy atom. The number of anilines is 2. The van der Waals surface area contributed by atoms with Crippen molar-refractivity contribution < 1.29 is 9.84 Å². The highest BCUT2D eigenvalue weighted by atomic mass is 16.5. The minimum Gasteiger partial charge on any atom is -0.490 e. The maximum atomic E-state index is 9.28. The van der Waals surface area contributed by atoms with Gasteiger partial charge >= 0.3 is 0 Å². The van der Waals surface area contributed by atoms with Gasteiger partial charge in [0.2, 0.25) is 5.75 Å². The van der Waals surface area contributed by atoms with E-state index in [1.54, 1.807) is 7.11 Å². The van der Waals surface area contributed by atoms with Gasteiger partial charge in [-0.3, -0.25) is 0 Å². The summed E-state index contributed by atoms with van der Waals surface area (Å²) in [6.07, 6.45) is 4.84. The molecule has 1 aliphatic carbocycles. The molecular weight excluding hydrogens is 232 g/mol. The number of aliphatic hydroxyl groups excluding tert-OH is 1. The summed E-state index contributed by atoms with van der Waals surface area (Å²) in [5.41, 5.74) is 5.71. The van der Waals surface area contributed by atoms with Crippen molar-refractivity contribution in [2.24, 2.45) is 11.8 Å². The van der Waals surface area contributed by atoms with E-state index in [0.717, 1.165) is 19.4 Å². The van der Waals surface area contributed by atoms with Gasteiger partial charge in [0.1, 0.15) is 6.33 Å². The molecule has 2 unspecified atom stereocenters. The molecule has 1 aliphatic rings. The molecule has 0 aromatic carbocycles. The summed E-state index contributed by atoms with van der Waals surface area (Å²) in [5.74, 6) is 2.31. The van der Waals surface area contributed by atoms with E-state index < -0.39 is 0 Å². The van der Waals surface area contributed by atoms with Crippen molar-refractivity contribution >= 4 is 11.6 Å². The first-order chi connectivity index (χ1) is 8.76. The van der Waals surface area contributed by atoms with E-state index in [-0.39, 0.29) is 6.61 Å². The van der Waals surface area contributed by atoms with Crippen molar-refractivity contribution in [2.45, 2.75) is 19.3 Å². The van der Waals surface area contributed by atoms with Crippen LogP contribution in [0, 0.1) is 11.8 Å². The van der Waals surface area contributed by atoms with E-state index in [9.17, 15) is 5.11 Å². The highest BCUT2D eigenvalue weighted by Gasteiger charge is 2.26. The normalized spacial score (nSPS) is 23.0. The van der Waals surface area contributed by atoms with E-state index in [1.165, 1.54) is 12.7 Å². The van der Waals surface area contributed by atoms with Crippen LogP contribution >= 0.6 is 0 Å². The Kier molecular flexibility index (Phi) is 4.19. The number of hydrogen-bond donors (Lipinski definition) is 3. The Morgan fingerprint density at radius 3 is 2.94 bits per heavy atom. The molecule has 0 radical (unpaired) electrons. The van der Waals surface area contributed by atoms with Gasteiger partial charge in [0, 0.05) is 13.2 Å². The number of aromatic nitrogens is 2. The molecule has 0 bridgehead atoms. The number of nitrogen functional groups attached to an aromatic ring is 1. The van der Waals surface area contributed by atoms with Crippen LogP contribution in [0.15, 0.2) is 6.33 Å². The molecule has 2 rings (SSSR count). The lowest BCUT2D eigenvalue weighted by atomic mass is 9.97. The van der Waals surface area contributed by atoms with Crippen molar-refractivity contribution in [3.8, 4) is 5.75 Å². The van der Waals surface area contributed by atoms with Gasteiger partial charge in [0.05, 0.1) is 7.11 Å². The second-order valence-electron chi connectivity index (χ2n) is 4.66. The van der Waals surface area contributed by atoms with E-state index in [0.29, 0.717) is 29.2 Å². The molecule has 1 fully saturated rings. The Bertz CT molecular complexity index is 400. The maximum Gasteiger partial charge on any atom is 0.203 e. The lowest BCUT2D eigenvalue weighted by Crippen LogP contribution is -2.21. The summed E-state index contributed by atoms with van der Waals surface area (Å²) in [4.78, 5) is 8.02. The number of methoxy groups -OCH3 is 1. The summed E-state index contributed by atoms with van der Waals surface area (Å²) in [6, 6.07) is 0. The van der Waals surface area contributed by atoms with Crippen LogP contribution in [0.2, 0.25) is 0 Å². The largest absolute Gasteiger partial charge is 0.490 e. The highest BCUT2D eigenvalue weighted by molar-refractivity contribution is 5.61. The Morgan fingerprint density at radius 2 is 2.22 bits per heavy atom. The first kappa shape index (κ1) is 12.9. The fraction of sp³-hybridized carbons (Fsp3) is 0.667. The van der Waals surface area contributed by atoms with Crippen LogP contribution in [0.3, 0.4) is 0 Å². The van der Waals surface area contributed by atoms with E-state index >= 15 is 0 Å². The van der Waals surface area contributed by atoms with Crippen LogP contribution in [-0.2, 0) is 0 Å². The number of hydrogen-bond acceptors (Lipinski definition) is 6. The molecule has 6 heteroatoms. The van der Waals surface area contributed by atoms with Gasteiger partial charge in [-0.2, -0.15) is 0 Å². The Hall–Kier alpha value is -1.56. The molecule has 4 N–H and O–H groups in total. The average Bonchev–Trinajstić information content (AvgIpc) is 2.83. The molecule has 1 aromatic heterocycles. The predicted octanol–water partition coefficient (Wildman–Crippen LogP) is 0.888. The number of nitrogens with two attached hydrogens (primary N) is 1. The molecule has 100 valence electrons. The second kappa shape index (κ2) is 5.86. The predicted molar refractivity (Wildman–Crippen MR) is 69.4 cm³/mol. The maximum absolute atomic E-state index is 9.28. The van der Waals surface area contributed by atoms with Gasteiger partial charge in [-0.1, -0.05) is 6.42 Å². The Balaban J connectivity index is 2.00. The van der Waals surface area contributed by atoms with Gasteiger partial charge in [0.15, 0.2) is 11.6 Å². The fourth-order valence-corrected chi connectivity index (χ4v) is 2.57. The lowest BCUT2D eigenvalue weighted by molar-refractivity contribution is 0.199. The van der Waals surface area contributed by atoms with Crippen molar-refractivity contribution in [1.82, 2.24) is 9.97 Å². The standard InChI is InChI=1S/C12H20N4O2/c1-18-10-11(13)15-7-16-12(10)14-5-8-3-2-4-9(8)6-17/h7-9,17H,2-6H2,1H3,(H3,13,14,15,16). The van der Waals surface area contributed by atoms with Crippen LogP contribution in [0.5, 0.6) is 5.75 Å². The molecule has 0 amide bonds. The van der Waals surface area contributed by atoms with Crippen molar-refractivity contribution in [1.29, 1.82) is 0 Å². The van der Waals surface area contributed by atoms with Crippen LogP contribution < -0.4 is 15.8 Å². The minimum atomic E-state index is 0.259. The van der Waals surface area contributed by atoms with E-state index in [2.05, 4.69) is 15.3 Å². The summed E-state index contributed by atoms with van der Waals surface area (Å²) >= 11 is 0. The quantitative estimate of drug-likeness (QED) is 0.720. The van der Waals surface area contributed by atoms with Crippen molar-refractivity contribution in [3.05, 3.63) is 6.33 Å². The smallest absolute Gasteiger partial charge is 0.203 e. The molecule has 0 spiro atoms. The monoisotopic (exact) mass is 252 g/mol.